The molecule has 0 bridgehead atoms. The number of rotatable bonds is 15. The summed E-state index contributed by atoms with van der Waals surface area (Å²) in [5.74, 6) is 0.443. The molecule has 0 spiro atoms. The summed E-state index contributed by atoms with van der Waals surface area (Å²) in [7, 11) is -3.20. The molecule has 0 aromatic heterocycles. The fraction of sp³-hybridized carbons (Fsp3) is 0.880. The van der Waals surface area contributed by atoms with Crippen LogP contribution in [0.1, 0.15) is 112 Å². The highest BCUT2D eigenvalue weighted by atomic mass is 32.2. The quantitative estimate of drug-likeness (QED) is 0.211. The van der Waals surface area contributed by atoms with Crippen LogP contribution in [0.5, 0.6) is 0 Å². The maximum absolute atomic E-state index is 12.9. The van der Waals surface area contributed by atoms with Crippen LogP contribution >= 0.6 is 0 Å². The average Bonchev–Trinajstić information content (AvgIpc) is 2.62. The number of carbonyl (C=O) groups excluding carboxylic acids is 1. The Kier molecular flexibility index (Phi) is 11.8. The van der Waals surface area contributed by atoms with Crippen LogP contribution in [0.4, 0.5) is 0 Å². The van der Waals surface area contributed by atoms with E-state index >= 15 is 0 Å². The second kappa shape index (κ2) is 12.9. The average molecular weight is 427 g/mol. The molecule has 1 rings (SSSR count). The maximum Gasteiger partial charge on any atom is 0.153 e. The minimum absolute atomic E-state index is 0.0810. The van der Waals surface area contributed by atoms with Gasteiger partial charge in [0.2, 0.25) is 0 Å². The number of carbonyl (C=O) groups is 1. The standard InChI is InChI=1S/C25H46O3S/c1-6-7-8-9-10-11-12-13-14-15-19-29(27,28)22(3)20-23(26)24-21(2)17-16-18-25(24,4)5/h16-17,21-22,24H,6-15,18-20H2,1-5H3/t21-,22?,24-/m1/s1. The molecule has 29 heavy (non-hydrogen) atoms. The van der Waals surface area contributed by atoms with Crippen molar-refractivity contribution in [1.29, 1.82) is 0 Å². The number of ketones is 1. The molecule has 4 heteroatoms. The van der Waals surface area contributed by atoms with Gasteiger partial charge in [0.1, 0.15) is 5.78 Å². The van der Waals surface area contributed by atoms with Crippen LogP contribution < -0.4 is 0 Å². The van der Waals surface area contributed by atoms with Gasteiger partial charge in [-0.25, -0.2) is 8.42 Å². The van der Waals surface area contributed by atoms with Crippen LogP contribution in [0.15, 0.2) is 12.2 Å². The number of allylic oxidation sites excluding steroid dienone is 2. The van der Waals surface area contributed by atoms with Gasteiger partial charge in [-0.1, -0.05) is 97.6 Å². The lowest BCUT2D eigenvalue weighted by molar-refractivity contribution is -0.128. The van der Waals surface area contributed by atoms with E-state index in [0.29, 0.717) is 0 Å². The first kappa shape index (κ1) is 26.4. The molecule has 1 unspecified atom stereocenters. The lowest BCUT2D eigenvalue weighted by Crippen LogP contribution is -2.39. The molecule has 0 radical (unpaired) electrons. The molecule has 0 aliphatic heterocycles. The summed E-state index contributed by atoms with van der Waals surface area (Å²) in [5.41, 5.74) is -0.0920. The number of hydrogen-bond donors (Lipinski definition) is 0. The fourth-order valence-electron chi connectivity index (χ4n) is 4.79. The summed E-state index contributed by atoms with van der Waals surface area (Å²) in [4.78, 5) is 12.9. The van der Waals surface area contributed by atoms with Crippen molar-refractivity contribution < 1.29 is 13.2 Å². The van der Waals surface area contributed by atoms with E-state index in [1.54, 1.807) is 6.92 Å². The Morgan fingerprint density at radius 2 is 1.52 bits per heavy atom. The normalized spacial score (nSPS) is 22.5. The summed E-state index contributed by atoms with van der Waals surface area (Å²) in [6.07, 6.45) is 17.2. The minimum atomic E-state index is -3.20. The first-order chi connectivity index (χ1) is 13.6. The predicted molar refractivity (Wildman–Crippen MR) is 125 cm³/mol. The van der Waals surface area contributed by atoms with Crippen LogP contribution in [0.2, 0.25) is 0 Å². The molecule has 1 aliphatic rings. The largest absolute Gasteiger partial charge is 0.299 e. The molecule has 3 atom stereocenters. The van der Waals surface area contributed by atoms with E-state index in [4.69, 9.17) is 0 Å². The van der Waals surface area contributed by atoms with Crippen molar-refractivity contribution in [3.05, 3.63) is 12.2 Å². The van der Waals surface area contributed by atoms with Gasteiger partial charge in [-0.15, -0.1) is 0 Å². The maximum atomic E-state index is 12.9. The predicted octanol–water partition coefficient (Wildman–Crippen LogP) is 6.91. The van der Waals surface area contributed by atoms with Gasteiger partial charge in [0, 0.05) is 12.3 Å². The highest BCUT2D eigenvalue weighted by molar-refractivity contribution is 7.92. The molecule has 0 aromatic rings. The minimum Gasteiger partial charge on any atom is -0.299 e. The van der Waals surface area contributed by atoms with Gasteiger partial charge in [-0.3, -0.25) is 4.79 Å². The summed E-state index contributed by atoms with van der Waals surface area (Å²) in [5, 5.41) is -0.567. The van der Waals surface area contributed by atoms with E-state index in [1.165, 1.54) is 44.9 Å². The van der Waals surface area contributed by atoms with Crippen molar-refractivity contribution in [2.45, 2.75) is 117 Å². The van der Waals surface area contributed by atoms with Gasteiger partial charge in [-0.05, 0) is 31.1 Å². The third kappa shape index (κ3) is 9.36. The molecule has 170 valence electrons. The summed E-state index contributed by atoms with van der Waals surface area (Å²) in [6, 6.07) is 0. The Balaban J connectivity index is 2.32. The van der Waals surface area contributed by atoms with Crippen molar-refractivity contribution >= 4 is 15.6 Å². The van der Waals surface area contributed by atoms with Crippen LogP contribution in [-0.4, -0.2) is 25.2 Å². The van der Waals surface area contributed by atoms with E-state index in [2.05, 4.69) is 39.8 Å². The Hall–Kier alpha value is -0.640. The lowest BCUT2D eigenvalue weighted by atomic mass is 9.65. The SMILES string of the molecule is CCCCCCCCCCCCS(=O)(=O)C(C)CC(=O)[C@H]1[C@H](C)C=CCC1(C)C. The second-order valence-corrected chi connectivity index (χ2v) is 12.5. The van der Waals surface area contributed by atoms with Gasteiger partial charge in [-0.2, -0.15) is 0 Å². The number of sulfone groups is 1. The molecule has 1 aliphatic carbocycles. The van der Waals surface area contributed by atoms with E-state index < -0.39 is 15.1 Å². The van der Waals surface area contributed by atoms with Crippen LogP contribution in [0.3, 0.4) is 0 Å². The lowest BCUT2D eigenvalue weighted by Gasteiger charge is -2.39. The molecule has 0 saturated heterocycles. The van der Waals surface area contributed by atoms with Crippen molar-refractivity contribution in [2.75, 3.05) is 5.75 Å². The molecule has 3 nitrogen and oxygen atoms in total. The third-order valence-corrected chi connectivity index (χ3v) is 8.93. The van der Waals surface area contributed by atoms with Crippen LogP contribution in [0.25, 0.3) is 0 Å². The molecule has 0 aromatic carbocycles. The van der Waals surface area contributed by atoms with Crippen LogP contribution in [-0.2, 0) is 14.6 Å². The zero-order chi connectivity index (χ0) is 21.9. The van der Waals surface area contributed by atoms with Crippen molar-refractivity contribution in [3.8, 4) is 0 Å². The Bertz CT molecular complexity index is 604. The van der Waals surface area contributed by atoms with Gasteiger partial charge in [0.15, 0.2) is 9.84 Å². The topological polar surface area (TPSA) is 51.2 Å². The fourth-order valence-corrected chi connectivity index (χ4v) is 6.22. The number of unbranched alkanes of at least 4 members (excludes halogenated alkanes) is 9. The van der Waals surface area contributed by atoms with Gasteiger partial charge >= 0.3 is 0 Å². The number of hydrogen-bond acceptors (Lipinski definition) is 3. The Morgan fingerprint density at radius 1 is 1.00 bits per heavy atom. The molecule has 0 saturated carbocycles. The molecule has 0 fully saturated rings. The molecule has 0 heterocycles. The summed E-state index contributed by atoms with van der Waals surface area (Å²) >= 11 is 0. The monoisotopic (exact) mass is 426 g/mol. The van der Waals surface area contributed by atoms with E-state index in [-0.39, 0.29) is 35.2 Å². The highest BCUT2D eigenvalue weighted by Crippen LogP contribution is 2.41. The van der Waals surface area contributed by atoms with Crippen molar-refractivity contribution in [2.24, 2.45) is 17.3 Å². The van der Waals surface area contributed by atoms with Crippen LogP contribution in [0, 0.1) is 17.3 Å². The zero-order valence-electron chi connectivity index (χ0n) is 19.7. The molecular weight excluding hydrogens is 380 g/mol. The Labute approximate surface area is 181 Å². The number of Topliss-reactive ketones (excluding diaryl/α,β-unsaturated/α-hetero) is 1. The molecule has 0 N–H and O–H groups in total. The molecule has 0 amide bonds. The van der Waals surface area contributed by atoms with Gasteiger partial charge in [0.25, 0.3) is 0 Å². The van der Waals surface area contributed by atoms with Crippen molar-refractivity contribution in [3.63, 3.8) is 0 Å². The van der Waals surface area contributed by atoms with E-state index in [9.17, 15) is 13.2 Å². The Morgan fingerprint density at radius 3 is 2.03 bits per heavy atom. The second-order valence-electron chi connectivity index (χ2n) is 9.99. The van der Waals surface area contributed by atoms with Gasteiger partial charge < -0.3 is 0 Å². The third-order valence-electron chi connectivity index (χ3n) is 6.68. The van der Waals surface area contributed by atoms with E-state index in [0.717, 1.165) is 25.7 Å². The smallest absolute Gasteiger partial charge is 0.153 e. The summed E-state index contributed by atoms with van der Waals surface area (Å²) in [6.45, 7) is 10.3. The summed E-state index contributed by atoms with van der Waals surface area (Å²) < 4.78 is 25.3. The highest BCUT2D eigenvalue weighted by Gasteiger charge is 2.40. The first-order valence-corrected chi connectivity index (χ1v) is 13.7. The first-order valence-electron chi connectivity index (χ1n) is 12.0. The van der Waals surface area contributed by atoms with Crippen molar-refractivity contribution in [1.82, 2.24) is 0 Å². The van der Waals surface area contributed by atoms with E-state index in [1.807, 2.05) is 0 Å². The molecular formula is C25H46O3S. The van der Waals surface area contributed by atoms with Gasteiger partial charge in [0.05, 0.1) is 11.0 Å². The zero-order valence-corrected chi connectivity index (χ0v) is 20.5.